The van der Waals surface area contributed by atoms with Crippen molar-refractivity contribution in [3.8, 4) is 17.1 Å². The van der Waals surface area contributed by atoms with E-state index in [2.05, 4.69) is 57.2 Å². The summed E-state index contributed by atoms with van der Waals surface area (Å²) >= 11 is 1.64. The number of rotatable bonds is 12. The zero-order valence-electron chi connectivity index (χ0n) is 20.1. The van der Waals surface area contributed by atoms with Crippen molar-refractivity contribution in [1.82, 2.24) is 20.3 Å². The molecule has 0 radical (unpaired) electrons. The average Bonchev–Trinajstić information content (AvgIpc) is 3.47. The minimum atomic E-state index is 0.769. The van der Waals surface area contributed by atoms with Crippen molar-refractivity contribution < 1.29 is 4.74 Å². The molecule has 3 N–H and O–H groups in total. The number of aromatic nitrogens is 3. The number of unbranched alkanes of at least 4 members (excludes halogenated alkanes) is 1. The van der Waals surface area contributed by atoms with Crippen LogP contribution in [0.15, 0.2) is 54.0 Å². The Morgan fingerprint density at radius 1 is 1.00 bits per heavy atom. The van der Waals surface area contributed by atoms with Gasteiger partial charge in [0, 0.05) is 23.3 Å². The monoisotopic (exact) mass is 475 g/mol. The summed E-state index contributed by atoms with van der Waals surface area (Å²) < 4.78 is 5.59. The van der Waals surface area contributed by atoms with E-state index in [9.17, 15) is 0 Å². The van der Waals surface area contributed by atoms with Crippen molar-refractivity contribution in [1.29, 1.82) is 0 Å². The number of hydrogen-bond acceptors (Lipinski definition) is 6. The van der Waals surface area contributed by atoms with Crippen LogP contribution in [0.3, 0.4) is 0 Å². The van der Waals surface area contributed by atoms with Crippen LogP contribution >= 0.6 is 11.3 Å². The fourth-order valence-corrected chi connectivity index (χ4v) is 4.67. The van der Waals surface area contributed by atoms with E-state index in [0.717, 1.165) is 78.1 Å². The smallest absolute Gasteiger partial charge is 0.187 e. The summed E-state index contributed by atoms with van der Waals surface area (Å²) in [6.45, 7) is 6.18. The van der Waals surface area contributed by atoms with Crippen LogP contribution in [0, 0.1) is 13.8 Å². The Labute approximate surface area is 205 Å². The first-order valence-corrected chi connectivity index (χ1v) is 12.7. The number of H-pyrrole nitrogens is 1. The van der Waals surface area contributed by atoms with Gasteiger partial charge in [0.1, 0.15) is 11.6 Å². The van der Waals surface area contributed by atoms with Gasteiger partial charge in [0.25, 0.3) is 0 Å². The predicted molar refractivity (Wildman–Crippen MR) is 141 cm³/mol. The molecule has 0 fully saturated rings. The molecule has 2 aromatic heterocycles. The Morgan fingerprint density at radius 2 is 1.91 bits per heavy atom. The van der Waals surface area contributed by atoms with Gasteiger partial charge in [-0.1, -0.05) is 29.8 Å². The highest BCUT2D eigenvalue weighted by atomic mass is 32.1. The van der Waals surface area contributed by atoms with E-state index in [0.29, 0.717) is 0 Å². The summed E-state index contributed by atoms with van der Waals surface area (Å²) in [5, 5.41) is 10.0. The Balaban J connectivity index is 1.20. The van der Waals surface area contributed by atoms with Gasteiger partial charge < -0.3 is 20.4 Å². The van der Waals surface area contributed by atoms with E-state index in [4.69, 9.17) is 9.72 Å². The maximum absolute atomic E-state index is 5.59. The van der Waals surface area contributed by atoms with Crippen molar-refractivity contribution in [2.24, 2.45) is 0 Å². The molecule has 0 saturated heterocycles. The van der Waals surface area contributed by atoms with Gasteiger partial charge in [-0.05, 0) is 70.3 Å². The van der Waals surface area contributed by atoms with Crippen molar-refractivity contribution in [2.45, 2.75) is 39.5 Å². The maximum Gasteiger partial charge on any atom is 0.187 e. The number of benzene rings is 2. The third-order valence-electron chi connectivity index (χ3n) is 5.68. The molecule has 0 aliphatic heterocycles. The van der Waals surface area contributed by atoms with E-state index in [-0.39, 0.29) is 0 Å². The molecule has 2 aromatic carbocycles. The molecule has 0 unspecified atom stereocenters. The fraction of sp³-hybridized carbons (Fsp3) is 0.333. The molecule has 4 aromatic rings. The molecule has 4 rings (SSSR count). The predicted octanol–water partition coefficient (Wildman–Crippen LogP) is 6.06. The van der Waals surface area contributed by atoms with Gasteiger partial charge in [0.2, 0.25) is 0 Å². The molecule has 0 saturated carbocycles. The van der Waals surface area contributed by atoms with E-state index >= 15 is 0 Å². The summed E-state index contributed by atoms with van der Waals surface area (Å²) in [5.74, 6) is 1.58. The number of nitrogens with one attached hydrogen (secondary N) is 3. The summed E-state index contributed by atoms with van der Waals surface area (Å²) in [6.07, 6.45) is 6.25. The molecule has 0 spiro atoms. The zero-order chi connectivity index (χ0) is 23.8. The number of hydrogen-bond donors (Lipinski definition) is 3. The van der Waals surface area contributed by atoms with E-state index in [1.165, 1.54) is 11.1 Å². The SMILES string of the molecule is COc1cc(Nc2nc(CCCCNCCc3cccc(C)c3)cs2)ccc1-c1nc(C)c[nH]1. The van der Waals surface area contributed by atoms with Gasteiger partial charge in [0.05, 0.1) is 24.1 Å². The fourth-order valence-electron chi connectivity index (χ4n) is 3.90. The Hall–Kier alpha value is -3.16. The number of nitrogens with zero attached hydrogens (tertiary/aromatic N) is 2. The van der Waals surface area contributed by atoms with Crippen LogP contribution in [0.4, 0.5) is 10.8 Å². The van der Waals surface area contributed by atoms with E-state index in [1.54, 1.807) is 18.4 Å². The Morgan fingerprint density at radius 3 is 2.71 bits per heavy atom. The number of anilines is 2. The topological polar surface area (TPSA) is 74.9 Å². The van der Waals surface area contributed by atoms with Gasteiger partial charge in [-0.15, -0.1) is 11.3 Å². The molecule has 178 valence electrons. The second kappa shape index (κ2) is 11.8. The molecule has 0 bridgehead atoms. The number of aromatic amines is 1. The first kappa shape index (κ1) is 24.0. The van der Waals surface area contributed by atoms with Crippen LogP contribution in [0.5, 0.6) is 5.75 Å². The van der Waals surface area contributed by atoms with Gasteiger partial charge in [0.15, 0.2) is 5.13 Å². The van der Waals surface area contributed by atoms with Gasteiger partial charge >= 0.3 is 0 Å². The highest BCUT2D eigenvalue weighted by molar-refractivity contribution is 7.13. The Kier molecular flexibility index (Phi) is 8.33. The minimum Gasteiger partial charge on any atom is -0.496 e. The van der Waals surface area contributed by atoms with Crippen LogP contribution in [-0.2, 0) is 12.8 Å². The average molecular weight is 476 g/mol. The largest absolute Gasteiger partial charge is 0.496 e. The van der Waals surface area contributed by atoms with Crippen molar-refractivity contribution in [3.63, 3.8) is 0 Å². The number of aryl methyl sites for hydroxylation is 3. The molecule has 6 nitrogen and oxygen atoms in total. The van der Waals surface area contributed by atoms with Crippen LogP contribution in [0.1, 0.15) is 35.4 Å². The summed E-state index contributed by atoms with van der Waals surface area (Å²) in [5.41, 5.74) is 6.71. The molecule has 0 aliphatic rings. The highest BCUT2D eigenvalue weighted by Crippen LogP contribution is 2.32. The lowest BCUT2D eigenvalue weighted by Gasteiger charge is -2.09. The third-order valence-corrected chi connectivity index (χ3v) is 6.48. The number of ether oxygens (including phenoxy) is 1. The maximum atomic E-state index is 5.59. The quantitative estimate of drug-likeness (QED) is 0.217. The molecular weight excluding hydrogens is 442 g/mol. The minimum absolute atomic E-state index is 0.769. The van der Waals surface area contributed by atoms with Gasteiger partial charge in [-0.3, -0.25) is 0 Å². The van der Waals surface area contributed by atoms with Crippen molar-refractivity contribution >= 4 is 22.2 Å². The lowest BCUT2D eigenvalue weighted by molar-refractivity contribution is 0.416. The summed E-state index contributed by atoms with van der Waals surface area (Å²) in [4.78, 5) is 12.4. The van der Waals surface area contributed by atoms with Crippen molar-refractivity contribution in [2.75, 3.05) is 25.5 Å². The normalized spacial score (nSPS) is 11.0. The molecule has 0 atom stereocenters. The second-order valence-corrected chi connectivity index (χ2v) is 9.38. The van der Waals surface area contributed by atoms with Crippen LogP contribution in [0.2, 0.25) is 0 Å². The lowest BCUT2D eigenvalue weighted by Crippen LogP contribution is -2.18. The molecule has 2 heterocycles. The van der Waals surface area contributed by atoms with Crippen LogP contribution in [-0.4, -0.2) is 35.2 Å². The first-order chi connectivity index (χ1) is 16.6. The molecule has 0 amide bonds. The van der Waals surface area contributed by atoms with Crippen LogP contribution < -0.4 is 15.4 Å². The molecular formula is C27H33N5OS. The Bertz CT molecular complexity index is 1200. The summed E-state index contributed by atoms with van der Waals surface area (Å²) in [7, 11) is 1.68. The number of methoxy groups -OCH3 is 1. The first-order valence-electron chi connectivity index (χ1n) is 11.8. The zero-order valence-corrected chi connectivity index (χ0v) is 21.0. The highest BCUT2D eigenvalue weighted by Gasteiger charge is 2.11. The van der Waals surface area contributed by atoms with Gasteiger partial charge in [-0.25, -0.2) is 9.97 Å². The third kappa shape index (κ3) is 6.68. The van der Waals surface area contributed by atoms with Gasteiger partial charge in [-0.2, -0.15) is 0 Å². The standard InChI is InChI=1S/C27H33N5OS/c1-19-7-6-8-21(15-19)12-14-28-13-5-4-9-23-18-34-27(32-23)31-22-10-11-24(25(16-22)33-3)26-29-17-20(2)30-26/h6-8,10-11,15-18,28H,4-5,9,12-14H2,1-3H3,(H,29,30)(H,31,32). The van der Waals surface area contributed by atoms with Crippen LogP contribution in [0.25, 0.3) is 11.4 Å². The number of thiazole rings is 1. The molecule has 7 heteroatoms. The van der Waals surface area contributed by atoms with E-state index in [1.807, 2.05) is 31.3 Å². The van der Waals surface area contributed by atoms with E-state index < -0.39 is 0 Å². The number of imidazole rings is 1. The van der Waals surface area contributed by atoms with Crippen molar-refractivity contribution in [3.05, 3.63) is 76.6 Å². The second-order valence-electron chi connectivity index (χ2n) is 8.52. The lowest BCUT2D eigenvalue weighted by atomic mass is 10.1. The molecule has 0 aliphatic carbocycles. The summed E-state index contributed by atoms with van der Waals surface area (Å²) in [6, 6.07) is 14.8. The molecule has 34 heavy (non-hydrogen) atoms.